The molecule has 1 aliphatic rings. The first kappa shape index (κ1) is 18.0. The molecule has 1 aromatic rings. The number of ether oxygens (including phenoxy) is 1. The minimum atomic E-state index is -0.413. The third-order valence-corrected chi connectivity index (χ3v) is 3.95. The minimum absolute atomic E-state index is 0.131. The van der Waals surface area contributed by atoms with Crippen LogP contribution in [0.1, 0.15) is 39.7 Å². The number of esters is 1. The third kappa shape index (κ3) is 6.71. The summed E-state index contributed by atoms with van der Waals surface area (Å²) in [6.45, 7) is 11.1. The number of carbonyl (C=O) groups excluding carboxylic acids is 1. The summed E-state index contributed by atoms with van der Waals surface area (Å²) in [5.74, 6) is 0.452. The summed E-state index contributed by atoms with van der Waals surface area (Å²) in [5, 5.41) is 3.63. The summed E-state index contributed by atoms with van der Waals surface area (Å²) in [5.41, 5.74) is 0.883. The number of hydrogen-bond acceptors (Lipinski definition) is 4. The van der Waals surface area contributed by atoms with Gasteiger partial charge in [0.1, 0.15) is 5.60 Å². The maximum atomic E-state index is 12.0. The van der Waals surface area contributed by atoms with E-state index in [0.29, 0.717) is 18.5 Å². The van der Waals surface area contributed by atoms with Gasteiger partial charge in [0.25, 0.3) is 0 Å². The molecule has 2 unspecified atom stereocenters. The van der Waals surface area contributed by atoms with Crippen LogP contribution >= 0.6 is 0 Å². The number of hydrogen-bond donors (Lipinski definition) is 1. The topological polar surface area (TPSA) is 41.6 Å². The van der Waals surface area contributed by atoms with Crippen molar-refractivity contribution in [3.8, 4) is 0 Å². The fourth-order valence-corrected chi connectivity index (χ4v) is 3.15. The number of carbonyl (C=O) groups is 1. The Hall–Kier alpha value is -1.39. The molecule has 1 aliphatic heterocycles. The molecular weight excluding hydrogens is 288 g/mol. The van der Waals surface area contributed by atoms with Gasteiger partial charge in [-0.25, -0.2) is 0 Å². The Morgan fingerprint density at radius 1 is 1.26 bits per heavy atom. The lowest BCUT2D eigenvalue weighted by Crippen LogP contribution is -2.50. The van der Waals surface area contributed by atoms with Crippen molar-refractivity contribution in [3.05, 3.63) is 35.9 Å². The van der Waals surface area contributed by atoms with Crippen molar-refractivity contribution in [2.75, 3.05) is 19.6 Å². The van der Waals surface area contributed by atoms with Crippen molar-refractivity contribution < 1.29 is 9.53 Å². The SMILES string of the molecule is CC1CC(NCc2ccccc2)CN(CC(=O)OC(C)(C)C)C1. The van der Waals surface area contributed by atoms with Gasteiger partial charge in [0.15, 0.2) is 0 Å². The van der Waals surface area contributed by atoms with E-state index in [2.05, 4.69) is 41.4 Å². The van der Waals surface area contributed by atoms with Crippen LogP contribution in [0.25, 0.3) is 0 Å². The molecule has 0 saturated carbocycles. The Morgan fingerprint density at radius 3 is 2.61 bits per heavy atom. The molecule has 0 spiro atoms. The molecule has 1 N–H and O–H groups in total. The van der Waals surface area contributed by atoms with Gasteiger partial charge in [-0.15, -0.1) is 0 Å². The van der Waals surface area contributed by atoms with Gasteiger partial charge in [-0.1, -0.05) is 37.3 Å². The van der Waals surface area contributed by atoms with E-state index in [1.54, 1.807) is 0 Å². The first-order valence-corrected chi connectivity index (χ1v) is 8.53. The molecule has 1 aromatic carbocycles. The zero-order valence-electron chi connectivity index (χ0n) is 14.8. The molecule has 2 rings (SSSR count). The average Bonchev–Trinajstić information content (AvgIpc) is 2.43. The molecule has 4 heteroatoms. The van der Waals surface area contributed by atoms with Gasteiger partial charge in [0.05, 0.1) is 6.54 Å². The van der Waals surface area contributed by atoms with E-state index in [0.717, 1.165) is 26.1 Å². The van der Waals surface area contributed by atoms with Crippen molar-refractivity contribution in [3.63, 3.8) is 0 Å². The molecule has 4 nitrogen and oxygen atoms in total. The Balaban J connectivity index is 1.82. The van der Waals surface area contributed by atoms with Crippen LogP contribution < -0.4 is 5.32 Å². The highest BCUT2D eigenvalue weighted by Gasteiger charge is 2.27. The summed E-state index contributed by atoms with van der Waals surface area (Å²) in [7, 11) is 0. The van der Waals surface area contributed by atoms with Gasteiger partial charge >= 0.3 is 5.97 Å². The average molecular weight is 318 g/mol. The lowest BCUT2D eigenvalue weighted by Gasteiger charge is -2.36. The third-order valence-electron chi connectivity index (χ3n) is 3.95. The highest BCUT2D eigenvalue weighted by Crippen LogP contribution is 2.17. The van der Waals surface area contributed by atoms with Gasteiger partial charge in [0, 0.05) is 25.7 Å². The second-order valence-electron chi connectivity index (χ2n) is 7.68. The second kappa shape index (κ2) is 7.93. The molecule has 0 aromatic heterocycles. The van der Waals surface area contributed by atoms with E-state index in [4.69, 9.17) is 4.74 Å². The molecule has 0 bridgehead atoms. The van der Waals surface area contributed by atoms with E-state index in [1.165, 1.54) is 5.56 Å². The van der Waals surface area contributed by atoms with Crippen molar-refractivity contribution in [1.29, 1.82) is 0 Å². The molecule has 23 heavy (non-hydrogen) atoms. The molecule has 1 fully saturated rings. The van der Waals surface area contributed by atoms with E-state index in [9.17, 15) is 4.79 Å². The summed E-state index contributed by atoms with van der Waals surface area (Å²) in [6.07, 6.45) is 1.15. The summed E-state index contributed by atoms with van der Waals surface area (Å²) in [6, 6.07) is 10.9. The number of nitrogens with one attached hydrogen (secondary N) is 1. The largest absolute Gasteiger partial charge is 0.459 e. The smallest absolute Gasteiger partial charge is 0.320 e. The molecule has 1 heterocycles. The Kier molecular flexibility index (Phi) is 6.19. The van der Waals surface area contributed by atoms with E-state index in [1.807, 2.05) is 26.8 Å². The lowest BCUT2D eigenvalue weighted by atomic mass is 9.95. The van der Waals surface area contributed by atoms with Crippen molar-refractivity contribution in [2.45, 2.75) is 52.3 Å². The van der Waals surface area contributed by atoms with Crippen LogP contribution in [0.5, 0.6) is 0 Å². The van der Waals surface area contributed by atoms with Crippen LogP contribution in [0, 0.1) is 5.92 Å². The quantitative estimate of drug-likeness (QED) is 0.848. The maximum Gasteiger partial charge on any atom is 0.320 e. The second-order valence-corrected chi connectivity index (χ2v) is 7.68. The van der Waals surface area contributed by atoms with Gasteiger partial charge < -0.3 is 10.1 Å². The summed E-state index contributed by atoms with van der Waals surface area (Å²) < 4.78 is 5.44. The summed E-state index contributed by atoms with van der Waals surface area (Å²) in [4.78, 5) is 14.2. The predicted octanol–water partition coefficient (Wildman–Crippen LogP) is 2.83. The Bertz CT molecular complexity index is 496. The van der Waals surface area contributed by atoms with E-state index < -0.39 is 5.60 Å². The molecule has 0 aliphatic carbocycles. The van der Waals surface area contributed by atoms with Crippen LogP contribution in [0.2, 0.25) is 0 Å². The number of likely N-dealkylation sites (tertiary alicyclic amines) is 1. The van der Waals surface area contributed by atoms with Crippen LogP contribution in [0.3, 0.4) is 0 Å². The standard InChI is InChI=1S/C19H30N2O2/c1-15-10-17(20-11-16-8-6-5-7-9-16)13-21(12-15)14-18(22)23-19(2,3)4/h5-9,15,17,20H,10-14H2,1-4H3. The van der Waals surface area contributed by atoms with Gasteiger partial charge in [-0.05, 0) is 38.7 Å². The molecule has 2 atom stereocenters. The fourth-order valence-electron chi connectivity index (χ4n) is 3.15. The number of nitrogens with zero attached hydrogens (tertiary/aromatic N) is 1. The van der Waals surface area contributed by atoms with Crippen LogP contribution in [-0.4, -0.2) is 42.1 Å². The van der Waals surface area contributed by atoms with Gasteiger partial charge in [-0.3, -0.25) is 9.69 Å². The number of rotatable bonds is 5. The first-order chi connectivity index (χ1) is 10.8. The van der Waals surface area contributed by atoms with Crippen molar-refractivity contribution in [1.82, 2.24) is 10.2 Å². The maximum absolute atomic E-state index is 12.0. The fraction of sp³-hybridized carbons (Fsp3) is 0.632. The van der Waals surface area contributed by atoms with Gasteiger partial charge in [-0.2, -0.15) is 0 Å². The predicted molar refractivity (Wildman–Crippen MR) is 93.1 cm³/mol. The lowest BCUT2D eigenvalue weighted by molar-refractivity contribution is -0.156. The zero-order chi connectivity index (χ0) is 16.9. The normalized spacial score (nSPS) is 22.8. The van der Waals surface area contributed by atoms with Crippen LogP contribution in [0.4, 0.5) is 0 Å². The highest BCUT2D eigenvalue weighted by molar-refractivity contribution is 5.72. The molecule has 0 amide bonds. The van der Waals surface area contributed by atoms with E-state index >= 15 is 0 Å². The summed E-state index contributed by atoms with van der Waals surface area (Å²) >= 11 is 0. The first-order valence-electron chi connectivity index (χ1n) is 8.53. The molecule has 1 saturated heterocycles. The number of piperidine rings is 1. The molecular formula is C19H30N2O2. The van der Waals surface area contributed by atoms with Crippen LogP contribution in [0.15, 0.2) is 30.3 Å². The molecule has 0 radical (unpaired) electrons. The Morgan fingerprint density at radius 2 is 1.96 bits per heavy atom. The van der Waals surface area contributed by atoms with Crippen LogP contribution in [-0.2, 0) is 16.1 Å². The van der Waals surface area contributed by atoms with Gasteiger partial charge in [0.2, 0.25) is 0 Å². The van der Waals surface area contributed by atoms with Crippen molar-refractivity contribution >= 4 is 5.97 Å². The monoisotopic (exact) mass is 318 g/mol. The number of benzene rings is 1. The Labute approximate surface area is 140 Å². The molecule has 128 valence electrons. The zero-order valence-corrected chi connectivity index (χ0v) is 14.8. The minimum Gasteiger partial charge on any atom is -0.459 e. The van der Waals surface area contributed by atoms with Crippen molar-refractivity contribution in [2.24, 2.45) is 5.92 Å². The van der Waals surface area contributed by atoms with E-state index in [-0.39, 0.29) is 5.97 Å². The highest BCUT2D eigenvalue weighted by atomic mass is 16.6.